The quantitative estimate of drug-likeness (QED) is 0.598. The first-order valence-electron chi connectivity index (χ1n) is 9.96. The number of nitrogens with zero attached hydrogens (tertiary/aromatic N) is 2. The first-order chi connectivity index (χ1) is 14.7. The Morgan fingerprint density at radius 1 is 1.16 bits per heavy atom. The van der Waals surface area contributed by atoms with Crippen LogP contribution >= 0.6 is 11.6 Å². The standard InChI is InChI=1S/C23H25ClN4O3/c1-5-31-16-8-6-7-15(12-16)19-26-20(28-22(30)27-19)17-11-14(9-10-18(17)24)13-25-21(29)23(2,3)4/h6-12H,5,13H2,1-4H3,(H,25,29)(H,26,27,28,30). The summed E-state index contributed by atoms with van der Waals surface area (Å²) >= 11 is 6.39. The normalized spacial score (nSPS) is 11.3. The minimum Gasteiger partial charge on any atom is -0.494 e. The average Bonchev–Trinajstić information content (AvgIpc) is 2.72. The molecule has 2 N–H and O–H groups in total. The van der Waals surface area contributed by atoms with E-state index in [1.54, 1.807) is 24.3 Å². The number of aromatic nitrogens is 3. The molecular formula is C23H25ClN4O3. The molecule has 1 amide bonds. The Bertz CT molecular complexity index is 1150. The van der Waals surface area contributed by atoms with Crippen molar-refractivity contribution >= 4 is 17.5 Å². The van der Waals surface area contributed by atoms with Crippen molar-refractivity contribution < 1.29 is 9.53 Å². The summed E-state index contributed by atoms with van der Waals surface area (Å²) in [5, 5.41) is 3.33. The lowest BCUT2D eigenvalue weighted by Gasteiger charge is -2.18. The molecule has 1 heterocycles. The van der Waals surface area contributed by atoms with E-state index in [1.807, 2.05) is 45.9 Å². The van der Waals surface area contributed by atoms with Crippen LogP contribution < -0.4 is 15.7 Å². The third kappa shape index (κ3) is 5.70. The minimum absolute atomic E-state index is 0.0593. The second-order valence-electron chi connectivity index (χ2n) is 8.03. The average molecular weight is 441 g/mol. The molecule has 162 valence electrons. The van der Waals surface area contributed by atoms with Crippen molar-refractivity contribution in [2.75, 3.05) is 6.61 Å². The largest absolute Gasteiger partial charge is 0.494 e. The Kier molecular flexibility index (Phi) is 6.75. The fourth-order valence-electron chi connectivity index (χ4n) is 2.84. The van der Waals surface area contributed by atoms with Crippen molar-refractivity contribution in [3.8, 4) is 28.5 Å². The van der Waals surface area contributed by atoms with Gasteiger partial charge in [0.05, 0.1) is 11.6 Å². The fourth-order valence-corrected chi connectivity index (χ4v) is 3.05. The Morgan fingerprint density at radius 2 is 1.94 bits per heavy atom. The predicted octanol–water partition coefficient (Wildman–Crippen LogP) is 4.21. The lowest BCUT2D eigenvalue weighted by Crippen LogP contribution is -2.34. The van der Waals surface area contributed by atoms with Gasteiger partial charge in [0.15, 0.2) is 5.82 Å². The predicted molar refractivity (Wildman–Crippen MR) is 121 cm³/mol. The maximum absolute atomic E-state index is 12.3. The minimum atomic E-state index is -0.538. The summed E-state index contributed by atoms with van der Waals surface area (Å²) in [7, 11) is 0. The van der Waals surface area contributed by atoms with Crippen LogP contribution in [-0.4, -0.2) is 27.5 Å². The molecule has 0 aliphatic carbocycles. The zero-order valence-electron chi connectivity index (χ0n) is 18.0. The van der Waals surface area contributed by atoms with Crippen LogP contribution in [0.2, 0.25) is 5.02 Å². The first-order valence-corrected chi connectivity index (χ1v) is 10.3. The lowest BCUT2D eigenvalue weighted by atomic mass is 9.95. The van der Waals surface area contributed by atoms with Gasteiger partial charge in [-0.1, -0.05) is 50.6 Å². The Balaban J connectivity index is 1.95. The van der Waals surface area contributed by atoms with Crippen LogP contribution in [0.5, 0.6) is 5.75 Å². The molecule has 3 aromatic rings. The first kappa shape index (κ1) is 22.5. The van der Waals surface area contributed by atoms with E-state index in [9.17, 15) is 9.59 Å². The van der Waals surface area contributed by atoms with Gasteiger partial charge >= 0.3 is 5.69 Å². The van der Waals surface area contributed by atoms with E-state index >= 15 is 0 Å². The number of benzene rings is 2. The number of aromatic amines is 1. The Labute approximate surface area is 185 Å². The van der Waals surface area contributed by atoms with Gasteiger partial charge < -0.3 is 10.1 Å². The molecule has 0 aliphatic rings. The molecule has 31 heavy (non-hydrogen) atoms. The third-order valence-electron chi connectivity index (χ3n) is 4.47. The highest BCUT2D eigenvalue weighted by Gasteiger charge is 2.20. The Morgan fingerprint density at radius 3 is 2.65 bits per heavy atom. The molecule has 8 heteroatoms. The van der Waals surface area contributed by atoms with Crippen LogP contribution in [0.15, 0.2) is 47.3 Å². The molecule has 0 unspecified atom stereocenters. The van der Waals surface area contributed by atoms with E-state index in [1.165, 1.54) is 0 Å². The van der Waals surface area contributed by atoms with Crippen LogP contribution in [0.3, 0.4) is 0 Å². The molecule has 3 rings (SSSR count). The fraction of sp³-hybridized carbons (Fsp3) is 0.304. The van der Waals surface area contributed by atoms with Gasteiger partial charge in [0.2, 0.25) is 5.91 Å². The summed E-state index contributed by atoms with van der Waals surface area (Å²) in [5.41, 5.74) is 1.01. The van der Waals surface area contributed by atoms with Crippen LogP contribution in [0, 0.1) is 5.41 Å². The number of nitrogens with one attached hydrogen (secondary N) is 2. The number of halogens is 1. The number of rotatable bonds is 6. The van der Waals surface area contributed by atoms with Crippen molar-refractivity contribution in [1.82, 2.24) is 20.3 Å². The van der Waals surface area contributed by atoms with Crippen molar-refractivity contribution in [1.29, 1.82) is 0 Å². The van der Waals surface area contributed by atoms with Gasteiger partial charge in [-0.2, -0.15) is 4.98 Å². The lowest BCUT2D eigenvalue weighted by molar-refractivity contribution is -0.128. The molecule has 2 aromatic carbocycles. The molecule has 0 atom stereocenters. The van der Waals surface area contributed by atoms with E-state index in [4.69, 9.17) is 16.3 Å². The number of hydrogen-bond donors (Lipinski definition) is 2. The molecule has 0 spiro atoms. The summed E-state index contributed by atoms with van der Waals surface area (Å²) in [5.74, 6) is 1.17. The van der Waals surface area contributed by atoms with Gasteiger partial charge in [-0.25, -0.2) is 9.78 Å². The zero-order valence-corrected chi connectivity index (χ0v) is 18.7. The van der Waals surface area contributed by atoms with Gasteiger partial charge in [-0.3, -0.25) is 9.78 Å². The van der Waals surface area contributed by atoms with E-state index in [0.717, 1.165) is 5.56 Å². The number of amides is 1. The molecule has 0 saturated carbocycles. The summed E-state index contributed by atoms with van der Waals surface area (Å²) < 4.78 is 5.52. The number of carbonyl (C=O) groups excluding carboxylic acids is 1. The molecule has 0 saturated heterocycles. The molecular weight excluding hydrogens is 416 g/mol. The SMILES string of the molecule is CCOc1cccc(-c2nc(-c3cc(CNC(=O)C(C)(C)C)ccc3Cl)[nH]c(=O)n2)c1. The highest BCUT2D eigenvalue weighted by Crippen LogP contribution is 2.28. The summed E-state index contributed by atoms with van der Waals surface area (Å²) in [6.45, 7) is 8.31. The van der Waals surface area contributed by atoms with Crippen molar-refractivity contribution in [2.24, 2.45) is 5.41 Å². The second-order valence-corrected chi connectivity index (χ2v) is 8.44. The molecule has 0 aliphatic heterocycles. The van der Waals surface area contributed by atoms with Crippen molar-refractivity contribution in [3.05, 3.63) is 63.5 Å². The Hall–Kier alpha value is -3.19. The smallest absolute Gasteiger partial charge is 0.348 e. The van der Waals surface area contributed by atoms with Crippen LogP contribution in [0.4, 0.5) is 0 Å². The van der Waals surface area contributed by atoms with E-state index < -0.39 is 11.1 Å². The second kappa shape index (κ2) is 9.31. The van der Waals surface area contributed by atoms with Gasteiger partial charge in [0.1, 0.15) is 11.6 Å². The maximum Gasteiger partial charge on any atom is 0.348 e. The molecule has 0 bridgehead atoms. The van der Waals surface area contributed by atoms with Gasteiger partial charge in [0.25, 0.3) is 0 Å². The third-order valence-corrected chi connectivity index (χ3v) is 4.80. The highest BCUT2D eigenvalue weighted by atomic mass is 35.5. The van der Waals surface area contributed by atoms with Gasteiger partial charge in [-0.15, -0.1) is 0 Å². The zero-order chi connectivity index (χ0) is 22.6. The summed E-state index contributed by atoms with van der Waals surface area (Å²) in [4.78, 5) is 35.6. The van der Waals surface area contributed by atoms with Gasteiger partial charge in [0, 0.05) is 23.1 Å². The van der Waals surface area contributed by atoms with E-state index in [-0.39, 0.29) is 11.7 Å². The molecule has 1 aromatic heterocycles. The highest BCUT2D eigenvalue weighted by molar-refractivity contribution is 6.33. The molecule has 7 nitrogen and oxygen atoms in total. The van der Waals surface area contributed by atoms with E-state index in [0.29, 0.717) is 40.9 Å². The van der Waals surface area contributed by atoms with Crippen LogP contribution in [0.1, 0.15) is 33.3 Å². The van der Waals surface area contributed by atoms with Gasteiger partial charge in [-0.05, 0) is 36.8 Å². The molecule has 0 radical (unpaired) electrons. The number of ether oxygens (including phenoxy) is 1. The van der Waals surface area contributed by atoms with Crippen LogP contribution in [-0.2, 0) is 11.3 Å². The van der Waals surface area contributed by atoms with E-state index in [2.05, 4.69) is 20.3 Å². The molecule has 0 fully saturated rings. The number of carbonyl (C=O) groups is 1. The topological polar surface area (TPSA) is 97.0 Å². The number of hydrogen-bond acceptors (Lipinski definition) is 5. The van der Waals surface area contributed by atoms with Crippen molar-refractivity contribution in [3.63, 3.8) is 0 Å². The monoisotopic (exact) mass is 440 g/mol. The van der Waals surface area contributed by atoms with Crippen molar-refractivity contribution in [2.45, 2.75) is 34.2 Å². The number of H-pyrrole nitrogens is 1. The summed E-state index contributed by atoms with van der Waals surface area (Å²) in [6, 6.07) is 12.6. The van der Waals surface area contributed by atoms with Crippen LogP contribution in [0.25, 0.3) is 22.8 Å². The summed E-state index contributed by atoms with van der Waals surface area (Å²) in [6.07, 6.45) is 0. The maximum atomic E-state index is 12.3.